The molecule has 7 heteroatoms. The summed E-state index contributed by atoms with van der Waals surface area (Å²) in [6.07, 6.45) is 0. The van der Waals surface area contributed by atoms with E-state index in [9.17, 15) is 0 Å². The minimum Gasteiger partial charge on any atom is -0.369 e. The van der Waals surface area contributed by atoms with Crippen LogP contribution in [0.3, 0.4) is 0 Å². The largest absolute Gasteiger partial charge is 0.369 e. The number of hydrogen-bond acceptors (Lipinski definition) is 5. The number of nitrogens with two attached hydrogens (primary N) is 1. The maximum atomic E-state index is 5.99. The molecule has 2 aromatic heterocycles. The van der Waals surface area contributed by atoms with Crippen molar-refractivity contribution in [2.45, 2.75) is 0 Å². The molecule has 0 unspecified atom stereocenters. The van der Waals surface area contributed by atoms with Crippen molar-refractivity contribution in [3.05, 3.63) is 42.5 Å². The van der Waals surface area contributed by atoms with Gasteiger partial charge in [-0.3, -0.25) is 0 Å². The summed E-state index contributed by atoms with van der Waals surface area (Å²) in [7, 11) is 2.17. The Balaban J connectivity index is 1.55. The predicted octanol–water partition coefficient (Wildman–Crippen LogP) is 2.05. The molecule has 26 heavy (non-hydrogen) atoms. The first-order valence-electron chi connectivity index (χ1n) is 8.85. The molecule has 3 N–H and O–H groups in total. The fourth-order valence-corrected chi connectivity index (χ4v) is 3.64. The Bertz CT molecular complexity index is 1090. The quantitative estimate of drug-likeness (QED) is 0.543. The number of nitrogen functional groups attached to an aromatic ring is 1. The summed E-state index contributed by atoms with van der Waals surface area (Å²) in [6.45, 7) is 4.27. The fraction of sp³-hybridized carbons (Fsp3) is 0.263. The number of likely N-dealkylation sites (N-methyl/N-ethyl adjacent to an activating group) is 1. The standard InChI is InChI=1S/C19H21N7/c1-24-8-10-25(11-9-24)13-6-7-15-16(12-13)22-19(21-15)18-14-4-2-3-5-17(14)26(20)23-18/h2-7,12H,8-11,20H2,1H3,(H,21,22). The minimum absolute atomic E-state index is 0.746. The molecule has 1 aliphatic rings. The first-order chi connectivity index (χ1) is 12.7. The summed E-state index contributed by atoms with van der Waals surface area (Å²) in [4.78, 5) is 14.3. The lowest BCUT2D eigenvalue weighted by Gasteiger charge is -2.34. The molecule has 132 valence electrons. The lowest BCUT2D eigenvalue weighted by atomic mass is 10.2. The van der Waals surface area contributed by atoms with E-state index in [1.165, 1.54) is 10.5 Å². The zero-order valence-electron chi connectivity index (χ0n) is 14.7. The van der Waals surface area contributed by atoms with Crippen LogP contribution in [-0.2, 0) is 0 Å². The maximum absolute atomic E-state index is 5.99. The van der Waals surface area contributed by atoms with Crippen LogP contribution in [0.2, 0.25) is 0 Å². The van der Waals surface area contributed by atoms with E-state index in [1.807, 2.05) is 24.3 Å². The average molecular weight is 347 g/mol. The summed E-state index contributed by atoms with van der Waals surface area (Å²) in [5.41, 5.74) is 4.86. The Hall–Kier alpha value is -3.06. The van der Waals surface area contributed by atoms with E-state index in [2.05, 4.69) is 45.1 Å². The Morgan fingerprint density at radius 2 is 1.85 bits per heavy atom. The second-order valence-corrected chi connectivity index (χ2v) is 6.89. The zero-order valence-corrected chi connectivity index (χ0v) is 14.7. The molecule has 0 saturated carbocycles. The molecule has 1 fully saturated rings. The van der Waals surface area contributed by atoms with E-state index < -0.39 is 0 Å². The molecule has 2 aromatic carbocycles. The zero-order chi connectivity index (χ0) is 17.7. The van der Waals surface area contributed by atoms with Crippen molar-refractivity contribution in [3.63, 3.8) is 0 Å². The molecular formula is C19H21N7. The van der Waals surface area contributed by atoms with Crippen LogP contribution in [0.5, 0.6) is 0 Å². The van der Waals surface area contributed by atoms with Crippen LogP contribution in [0.25, 0.3) is 33.5 Å². The number of benzene rings is 2. The summed E-state index contributed by atoms with van der Waals surface area (Å²) in [5, 5.41) is 5.45. The molecule has 3 heterocycles. The molecular weight excluding hydrogens is 326 g/mol. The SMILES string of the molecule is CN1CCN(c2ccc3nc(-c4nn(N)c5ccccc45)[nH]c3c2)CC1. The first-order valence-corrected chi connectivity index (χ1v) is 8.85. The van der Waals surface area contributed by atoms with Gasteiger partial charge in [0.25, 0.3) is 0 Å². The fourth-order valence-electron chi connectivity index (χ4n) is 3.64. The van der Waals surface area contributed by atoms with E-state index in [0.29, 0.717) is 0 Å². The number of anilines is 1. The van der Waals surface area contributed by atoms with E-state index in [1.54, 1.807) is 0 Å². The van der Waals surface area contributed by atoms with Gasteiger partial charge in [-0.2, -0.15) is 4.79 Å². The van der Waals surface area contributed by atoms with Gasteiger partial charge in [-0.25, -0.2) is 4.98 Å². The van der Waals surface area contributed by atoms with E-state index in [4.69, 9.17) is 10.8 Å². The van der Waals surface area contributed by atoms with Gasteiger partial charge in [-0.15, -0.1) is 5.10 Å². The highest BCUT2D eigenvalue weighted by atomic mass is 15.5. The molecule has 0 atom stereocenters. The number of nitrogens with one attached hydrogen (secondary N) is 1. The van der Waals surface area contributed by atoms with Gasteiger partial charge in [0.15, 0.2) is 5.82 Å². The lowest BCUT2D eigenvalue weighted by Crippen LogP contribution is -2.44. The maximum Gasteiger partial charge on any atom is 0.159 e. The van der Waals surface area contributed by atoms with E-state index in [0.717, 1.165) is 59.6 Å². The number of fused-ring (bicyclic) bond motifs is 2. The molecule has 0 aliphatic carbocycles. The average Bonchev–Trinajstić information content (AvgIpc) is 3.23. The highest BCUT2D eigenvalue weighted by molar-refractivity contribution is 5.93. The normalized spacial score (nSPS) is 16.0. The topological polar surface area (TPSA) is 79.0 Å². The van der Waals surface area contributed by atoms with Crippen LogP contribution in [0.1, 0.15) is 0 Å². The lowest BCUT2D eigenvalue weighted by molar-refractivity contribution is 0.313. The summed E-state index contributed by atoms with van der Waals surface area (Å²) in [5.74, 6) is 6.74. The highest BCUT2D eigenvalue weighted by Gasteiger charge is 2.17. The molecule has 0 amide bonds. The number of aromatic nitrogens is 4. The molecule has 1 aliphatic heterocycles. The number of H-pyrrole nitrogens is 1. The molecule has 7 nitrogen and oxygen atoms in total. The van der Waals surface area contributed by atoms with Crippen LogP contribution in [-0.4, -0.2) is 58.0 Å². The molecule has 0 spiro atoms. The summed E-state index contributed by atoms with van der Waals surface area (Å²) >= 11 is 0. The van der Waals surface area contributed by atoms with Crippen LogP contribution in [0.4, 0.5) is 5.69 Å². The number of imidazole rings is 1. The number of nitrogens with zero attached hydrogens (tertiary/aromatic N) is 5. The van der Waals surface area contributed by atoms with Gasteiger partial charge < -0.3 is 20.6 Å². The Kier molecular flexibility index (Phi) is 3.36. The van der Waals surface area contributed by atoms with Gasteiger partial charge in [0.2, 0.25) is 0 Å². The highest BCUT2D eigenvalue weighted by Crippen LogP contribution is 2.28. The number of aromatic amines is 1. The smallest absolute Gasteiger partial charge is 0.159 e. The van der Waals surface area contributed by atoms with Gasteiger partial charge in [0.05, 0.1) is 16.6 Å². The number of hydrogen-bond donors (Lipinski definition) is 2. The molecule has 0 radical (unpaired) electrons. The number of para-hydroxylation sites is 1. The first kappa shape index (κ1) is 15.2. The minimum atomic E-state index is 0.746. The van der Waals surface area contributed by atoms with Crippen LogP contribution < -0.4 is 10.7 Å². The monoisotopic (exact) mass is 347 g/mol. The molecule has 4 aromatic rings. The van der Waals surface area contributed by atoms with Crippen molar-refractivity contribution in [2.75, 3.05) is 44.0 Å². The second-order valence-electron chi connectivity index (χ2n) is 6.89. The summed E-state index contributed by atoms with van der Waals surface area (Å²) in [6, 6.07) is 14.3. The Morgan fingerprint density at radius 3 is 2.69 bits per heavy atom. The van der Waals surface area contributed by atoms with Crippen molar-refractivity contribution >= 4 is 27.6 Å². The van der Waals surface area contributed by atoms with Gasteiger partial charge in [-0.05, 0) is 31.3 Å². The third-order valence-electron chi connectivity index (χ3n) is 5.17. The van der Waals surface area contributed by atoms with Crippen molar-refractivity contribution in [2.24, 2.45) is 0 Å². The van der Waals surface area contributed by atoms with Crippen molar-refractivity contribution < 1.29 is 0 Å². The van der Waals surface area contributed by atoms with Crippen molar-refractivity contribution in [1.29, 1.82) is 0 Å². The number of piperazine rings is 1. The Morgan fingerprint density at radius 1 is 1.04 bits per heavy atom. The third-order valence-corrected chi connectivity index (χ3v) is 5.17. The van der Waals surface area contributed by atoms with Gasteiger partial charge in [-0.1, -0.05) is 18.2 Å². The van der Waals surface area contributed by atoms with E-state index >= 15 is 0 Å². The summed E-state index contributed by atoms with van der Waals surface area (Å²) < 4.78 is 0. The Labute approximate surface area is 151 Å². The molecule has 1 saturated heterocycles. The molecule has 5 rings (SSSR count). The van der Waals surface area contributed by atoms with Crippen LogP contribution in [0.15, 0.2) is 42.5 Å². The molecule has 0 bridgehead atoms. The van der Waals surface area contributed by atoms with Crippen molar-refractivity contribution in [1.82, 2.24) is 24.8 Å². The van der Waals surface area contributed by atoms with E-state index in [-0.39, 0.29) is 0 Å². The van der Waals surface area contributed by atoms with Gasteiger partial charge in [0, 0.05) is 37.3 Å². The second kappa shape index (κ2) is 5.74. The van der Waals surface area contributed by atoms with Crippen LogP contribution in [0, 0.1) is 0 Å². The number of rotatable bonds is 2. The van der Waals surface area contributed by atoms with Gasteiger partial charge in [0.1, 0.15) is 5.69 Å². The third kappa shape index (κ3) is 2.40. The van der Waals surface area contributed by atoms with Gasteiger partial charge >= 0.3 is 0 Å². The van der Waals surface area contributed by atoms with Crippen molar-refractivity contribution in [3.8, 4) is 11.5 Å². The predicted molar refractivity (Wildman–Crippen MR) is 105 cm³/mol. The van der Waals surface area contributed by atoms with Crippen LogP contribution >= 0.6 is 0 Å².